The maximum atomic E-state index is 11.0. The molecule has 0 aliphatic rings. The number of carboxylic acid groups (broad SMARTS) is 1. The van der Waals surface area contributed by atoms with Crippen LogP contribution in [-0.4, -0.2) is 20.9 Å². The topological polar surface area (TPSA) is 55.1 Å². The quantitative estimate of drug-likeness (QED) is 0.941. The van der Waals surface area contributed by atoms with Gasteiger partial charge >= 0.3 is 5.97 Å². The van der Waals surface area contributed by atoms with Crippen LogP contribution in [0.5, 0.6) is 0 Å². The van der Waals surface area contributed by atoms with Crippen LogP contribution in [0, 0.1) is 6.92 Å². The predicted octanol–water partition coefficient (Wildman–Crippen LogP) is 3.24. The van der Waals surface area contributed by atoms with Crippen LogP contribution in [0.4, 0.5) is 0 Å². The number of hydrogen-bond acceptors (Lipinski definition) is 2. The second-order valence-electron chi connectivity index (χ2n) is 3.84. The van der Waals surface area contributed by atoms with Gasteiger partial charge in [-0.2, -0.15) is 5.10 Å². The molecule has 1 N–H and O–H groups in total. The second kappa shape index (κ2) is 5.00. The summed E-state index contributed by atoms with van der Waals surface area (Å²) in [5.74, 6) is -1.07. The van der Waals surface area contributed by atoms with Crippen molar-refractivity contribution in [3.05, 3.63) is 51.3 Å². The van der Waals surface area contributed by atoms with E-state index in [2.05, 4.69) is 5.10 Å². The van der Waals surface area contributed by atoms with E-state index in [1.54, 1.807) is 19.1 Å². The molecule has 0 aliphatic carbocycles. The Morgan fingerprint density at radius 1 is 1.33 bits per heavy atom. The molecule has 0 saturated heterocycles. The summed E-state index contributed by atoms with van der Waals surface area (Å²) in [7, 11) is 0. The number of aromatic nitrogens is 2. The molecule has 94 valence electrons. The third kappa shape index (κ3) is 2.49. The van der Waals surface area contributed by atoms with Crippen LogP contribution < -0.4 is 0 Å². The van der Waals surface area contributed by atoms with Crippen molar-refractivity contribution in [2.24, 2.45) is 0 Å². The highest BCUT2D eigenvalue weighted by Crippen LogP contribution is 2.21. The summed E-state index contributed by atoms with van der Waals surface area (Å²) in [6.07, 6.45) is 0. The Morgan fingerprint density at radius 3 is 2.44 bits per heavy atom. The number of rotatable bonds is 3. The van der Waals surface area contributed by atoms with Gasteiger partial charge in [0.25, 0.3) is 0 Å². The zero-order valence-corrected chi connectivity index (χ0v) is 11.0. The number of carboxylic acids is 1. The van der Waals surface area contributed by atoms with E-state index in [9.17, 15) is 4.79 Å². The van der Waals surface area contributed by atoms with Gasteiger partial charge in [-0.05, 0) is 24.6 Å². The molecule has 6 heteroatoms. The first-order chi connectivity index (χ1) is 8.49. The molecule has 18 heavy (non-hydrogen) atoms. The normalized spacial score (nSPS) is 10.6. The average Bonchev–Trinajstić information content (AvgIpc) is 2.57. The monoisotopic (exact) mass is 284 g/mol. The van der Waals surface area contributed by atoms with Gasteiger partial charge in [-0.3, -0.25) is 0 Å². The summed E-state index contributed by atoms with van der Waals surface area (Å²) < 4.78 is 1.46. The van der Waals surface area contributed by atoms with Crippen LogP contribution in [-0.2, 0) is 6.54 Å². The molecule has 0 unspecified atom stereocenters. The van der Waals surface area contributed by atoms with Gasteiger partial charge in [0.1, 0.15) is 10.7 Å². The molecule has 2 aromatic rings. The summed E-state index contributed by atoms with van der Waals surface area (Å²) in [5, 5.41) is 13.9. The maximum Gasteiger partial charge on any atom is 0.340 e. The number of aryl methyl sites for hydroxylation is 1. The van der Waals surface area contributed by atoms with Crippen molar-refractivity contribution in [1.82, 2.24) is 9.78 Å². The van der Waals surface area contributed by atoms with Gasteiger partial charge in [0.2, 0.25) is 0 Å². The molecule has 4 nitrogen and oxygen atoms in total. The summed E-state index contributed by atoms with van der Waals surface area (Å²) in [4.78, 5) is 11.0. The summed E-state index contributed by atoms with van der Waals surface area (Å²) in [6, 6.07) is 7.21. The highest BCUT2D eigenvalue weighted by molar-refractivity contribution is 6.32. The molecular formula is C12H10Cl2N2O2. The van der Waals surface area contributed by atoms with Crippen molar-refractivity contribution in [2.45, 2.75) is 13.5 Å². The number of aromatic carboxylic acids is 1. The number of benzene rings is 1. The molecule has 0 amide bonds. The van der Waals surface area contributed by atoms with Crippen molar-refractivity contribution >= 4 is 29.2 Å². The molecule has 0 radical (unpaired) electrons. The number of nitrogens with zero attached hydrogens (tertiary/aromatic N) is 2. The fourth-order valence-corrected chi connectivity index (χ4v) is 2.10. The third-order valence-corrected chi connectivity index (χ3v) is 3.16. The first-order valence-electron chi connectivity index (χ1n) is 5.19. The lowest BCUT2D eigenvalue weighted by Crippen LogP contribution is -2.02. The Balaban J connectivity index is 2.33. The maximum absolute atomic E-state index is 11.0. The zero-order chi connectivity index (χ0) is 13.3. The lowest BCUT2D eigenvalue weighted by molar-refractivity contribution is 0.0696. The number of halogens is 2. The van der Waals surface area contributed by atoms with Gasteiger partial charge in [-0.1, -0.05) is 35.3 Å². The Hall–Kier alpha value is -1.52. The first kappa shape index (κ1) is 12.9. The molecule has 0 aliphatic heterocycles. The van der Waals surface area contributed by atoms with Crippen LogP contribution in [0.2, 0.25) is 10.2 Å². The van der Waals surface area contributed by atoms with Crippen molar-refractivity contribution in [2.75, 3.05) is 0 Å². The van der Waals surface area contributed by atoms with Crippen LogP contribution in [0.15, 0.2) is 24.3 Å². The van der Waals surface area contributed by atoms with E-state index in [1.165, 1.54) is 4.68 Å². The van der Waals surface area contributed by atoms with Gasteiger partial charge in [0, 0.05) is 5.02 Å². The second-order valence-corrected chi connectivity index (χ2v) is 4.63. The average molecular weight is 285 g/mol. The van der Waals surface area contributed by atoms with E-state index < -0.39 is 5.97 Å². The lowest BCUT2D eigenvalue weighted by Gasteiger charge is -2.03. The minimum absolute atomic E-state index is 0.0469. The molecule has 1 heterocycles. The standard InChI is InChI=1S/C12H10Cl2N2O2/c1-7-10(12(17)18)11(14)16(15-7)6-8-2-4-9(13)5-3-8/h2-5H,6H2,1H3,(H,17,18). The van der Waals surface area contributed by atoms with E-state index in [1.807, 2.05) is 12.1 Å². The molecule has 1 aromatic carbocycles. The largest absolute Gasteiger partial charge is 0.478 e. The highest BCUT2D eigenvalue weighted by atomic mass is 35.5. The summed E-state index contributed by atoms with van der Waals surface area (Å²) in [5.41, 5.74) is 1.40. The van der Waals surface area contributed by atoms with Crippen molar-refractivity contribution < 1.29 is 9.90 Å². The minimum atomic E-state index is -1.07. The Bertz CT molecular complexity index is 591. The molecule has 0 spiro atoms. The van der Waals surface area contributed by atoms with E-state index in [0.717, 1.165) is 5.56 Å². The van der Waals surface area contributed by atoms with Crippen LogP contribution in [0.3, 0.4) is 0 Å². The summed E-state index contributed by atoms with van der Waals surface area (Å²) >= 11 is 11.8. The summed E-state index contributed by atoms with van der Waals surface area (Å²) in [6.45, 7) is 2.03. The molecule has 0 atom stereocenters. The Kier molecular flexibility index (Phi) is 3.59. The van der Waals surface area contributed by atoms with Crippen molar-refractivity contribution in [1.29, 1.82) is 0 Å². The molecule has 0 bridgehead atoms. The number of hydrogen-bond donors (Lipinski definition) is 1. The molecular weight excluding hydrogens is 275 g/mol. The van der Waals surface area contributed by atoms with Crippen LogP contribution in [0.1, 0.15) is 21.6 Å². The van der Waals surface area contributed by atoms with Gasteiger partial charge in [0.15, 0.2) is 0 Å². The Morgan fingerprint density at radius 2 is 1.94 bits per heavy atom. The predicted molar refractivity (Wildman–Crippen MR) is 69.5 cm³/mol. The smallest absolute Gasteiger partial charge is 0.340 e. The molecule has 0 fully saturated rings. The minimum Gasteiger partial charge on any atom is -0.478 e. The van der Waals surface area contributed by atoms with E-state index in [0.29, 0.717) is 17.3 Å². The van der Waals surface area contributed by atoms with Gasteiger partial charge in [-0.15, -0.1) is 0 Å². The third-order valence-electron chi connectivity index (χ3n) is 2.52. The first-order valence-corrected chi connectivity index (χ1v) is 5.95. The molecule has 2 rings (SSSR count). The van der Waals surface area contributed by atoms with Gasteiger partial charge in [0.05, 0.1) is 12.2 Å². The highest BCUT2D eigenvalue weighted by Gasteiger charge is 2.19. The van der Waals surface area contributed by atoms with Gasteiger partial charge < -0.3 is 5.11 Å². The van der Waals surface area contributed by atoms with E-state index >= 15 is 0 Å². The molecule has 1 aromatic heterocycles. The van der Waals surface area contributed by atoms with Crippen molar-refractivity contribution in [3.8, 4) is 0 Å². The number of carbonyl (C=O) groups is 1. The van der Waals surface area contributed by atoms with Crippen LogP contribution >= 0.6 is 23.2 Å². The zero-order valence-electron chi connectivity index (χ0n) is 9.52. The fraction of sp³-hybridized carbons (Fsp3) is 0.167. The van der Waals surface area contributed by atoms with E-state index in [4.69, 9.17) is 28.3 Å². The lowest BCUT2D eigenvalue weighted by atomic mass is 10.2. The van der Waals surface area contributed by atoms with Gasteiger partial charge in [-0.25, -0.2) is 9.48 Å². The fourth-order valence-electron chi connectivity index (χ4n) is 1.66. The molecule has 0 saturated carbocycles. The van der Waals surface area contributed by atoms with E-state index in [-0.39, 0.29) is 10.7 Å². The SMILES string of the molecule is Cc1nn(Cc2ccc(Cl)cc2)c(Cl)c1C(=O)O. The Labute approximate surface area is 114 Å². The van der Waals surface area contributed by atoms with Crippen LogP contribution in [0.25, 0.3) is 0 Å². The van der Waals surface area contributed by atoms with Crippen molar-refractivity contribution in [3.63, 3.8) is 0 Å².